The Hall–Kier alpha value is -1.46. The van der Waals surface area contributed by atoms with E-state index in [4.69, 9.17) is 5.73 Å². The van der Waals surface area contributed by atoms with Gasteiger partial charge in [-0.1, -0.05) is 19.1 Å². The Kier molecular flexibility index (Phi) is 4.17. The second-order valence-electron chi connectivity index (χ2n) is 4.78. The van der Waals surface area contributed by atoms with Crippen LogP contribution in [0.1, 0.15) is 24.9 Å². The van der Waals surface area contributed by atoms with Gasteiger partial charge < -0.3 is 10.6 Å². The standard InChI is InChI=1S/C14H19N3OS/c1-9(8-15)14(18)17(3)10(2)13-16-11-6-4-5-7-12(11)19-13/h4-7,9-10H,8,15H2,1-3H3. The Morgan fingerprint density at radius 3 is 2.74 bits per heavy atom. The maximum absolute atomic E-state index is 12.1. The number of para-hydroxylation sites is 1. The molecule has 19 heavy (non-hydrogen) atoms. The molecule has 0 aliphatic rings. The average molecular weight is 277 g/mol. The quantitative estimate of drug-likeness (QED) is 0.933. The molecule has 102 valence electrons. The molecule has 0 aliphatic heterocycles. The smallest absolute Gasteiger partial charge is 0.227 e. The van der Waals surface area contributed by atoms with Gasteiger partial charge in [0.2, 0.25) is 5.91 Å². The lowest BCUT2D eigenvalue weighted by atomic mass is 10.1. The van der Waals surface area contributed by atoms with Crippen molar-refractivity contribution in [2.24, 2.45) is 11.7 Å². The highest BCUT2D eigenvalue weighted by molar-refractivity contribution is 7.18. The largest absolute Gasteiger partial charge is 0.336 e. The molecule has 5 heteroatoms. The Morgan fingerprint density at radius 1 is 1.42 bits per heavy atom. The average Bonchev–Trinajstić information content (AvgIpc) is 2.87. The number of fused-ring (bicyclic) bond motifs is 1. The van der Waals surface area contributed by atoms with E-state index in [0.717, 1.165) is 15.2 Å². The number of nitrogens with zero attached hydrogens (tertiary/aromatic N) is 2. The van der Waals surface area contributed by atoms with Gasteiger partial charge in [-0.25, -0.2) is 4.98 Å². The summed E-state index contributed by atoms with van der Waals surface area (Å²) in [7, 11) is 1.81. The highest BCUT2D eigenvalue weighted by Crippen LogP contribution is 2.29. The predicted octanol–water partition coefficient (Wildman–Crippen LogP) is 2.41. The fraction of sp³-hybridized carbons (Fsp3) is 0.429. The first-order chi connectivity index (χ1) is 9.04. The Labute approximate surface area is 117 Å². The van der Waals surface area contributed by atoms with Crippen molar-refractivity contribution in [3.05, 3.63) is 29.3 Å². The zero-order chi connectivity index (χ0) is 14.0. The van der Waals surface area contributed by atoms with Crippen molar-refractivity contribution in [2.45, 2.75) is 19.9 Å². The van der Waals surface area contributed by atoms with Crippen molar-refractivity contribution >= 4 is 27.5 Å². The van der Waals surface area contributed by atoms with E-state index in [9.17, 15) is 4.79 Å². The van der Waals surface area contributed by atoms with E-state index in [1.807, 2.05) is 45.2 Å². The summed E-state index contributed by atoms with van der Waals surface area (Å²) in [5, 5.41) is 0.960. The first-order valence-corrected chi connectivity index (χ1v) is 7.18. The van der Waals surface area contributed by atoms with E-state index in [2.05, 4.69) is 4.98 Å². The molecule has 4 nitrogen and oxygen atoms in total. The molecule has 0 spiro atoms. The molecule has 0 fully saturated rings. The fourth-order valence-corrected chi connectivity index (χ4v) is 2.94. The number of amides is 1. The van der Waals surface area contributed by atoms with Crippen LogP contribution in [0.15, 0.2) is 24.3 Å². The van der Waals surface area contributed by atoms with Crippen molar-refractivity contribution in [1.29, 1.82) is 0 Å². The van der Waals surface area contributed by atoms with Gasteiger partial charge in [0, 0.05) is 19.5 Å². The lowest BCUT2D eigenvalue weighted by Crippen LogP contribution is -2.36. The summed E-state index contributed by atoms with van der Waals surface area (Å²) in [4.78, 5) is 18.5. The lowest BCUT2D eigenvalue weighted by Gasteiger charge is -2.25. The normalized spacial score (nSPS) is 14.3. The maximum atomic E-state index is 12.1. The van der Waals surface area contributed by atoms with Crippen LogP contribution in [0, 0.1) is 5.92 Å². The van der Waals surface area contributed by atoms with Gasteiger partial charge in [0.1, 0.15) is 5.01 Å². The molecular formula is C14H19N3OS. The Morgan fingerprint density at radius 2 is 2.11 bits per heavy atom. The number of rotatable bonds is 4. The molecule has 0 saturated carbocycles. The minimum absolute atomic E-state index is 0.0288. The minimum Gasteiger partial charge on any atom is -0.336 e. The van der Waals surface area contributed by atoms with Crippen molar-refractivity contribution < 1.29 is 4.79 Å². The van der Waals surface area contributed by atoms with Gasteiger partial charge in [0.05, 0.1) is 16.3 Å². The molecule has 0 radical (unpaired) electrons. The predicted molar refractivity (Wildman–Crippen MR) is 79.0 cm³/mol. The molecule has 1 heterocycles. The molecule has 1 aromatic heterocycles. The monoisotopic (exact) mass is 277 g/mol. The molecule has 2 atom stereocenters. The number of hydrogen-bond acceptors (Lipinski definition) is 4. The van der Waals surface area contributed by atoms with Gasteiger partial charge >= 0.3 is 0 Å². The number of carbonyl (C=O) groups excluding carboxylic acids is 1. The van der Waals surface area contributed by atoms with Gasteiger partial charge in [-0.05, 0) is 19.1 Å². The van der Waals surface area contributed by atoms with Crippen LogP contribution in [0.25, 0.3) is 10.2 Å². The van der Waals surface area contributed by atoms with Crippen LogP contribution in [0.3, 0.4) is 0 Å². The second-order valence-corrected chi connectivity index (χ2v) is 5.84. The van der Waals surface area contributed by atoms with E-state index in [0.29, 0.717) is 6.54 Å². The molecular weight excluding hydrogens is 258 g/mol. The van der Waals surface area contributed by atoms with Gasteiger partial charge in [-0.2, -0.15) is 0 Å². The van der Waals surface area contributed by atoms with Crippen molar-refractivity contribution in [2.75, 3.05) is 13.6 Å². The molecule has 2 rings (SSSR count). The zero-order valence-corrected chi connectivity index (χ0v) is 12.3. The van der Waals surface area contributed by atoms with Crippen molar-refractivity contribution in [3.63, 3.8) is 0 Å². The summed E-state index contributed by atoms with van der Waals surface area (Å²) in [6, 6.07) is 7.99. The highest BCUT2D eigenvalue weighted by Gasteiger charge is 2.23. The first kappa shape index (κ1) is 14.0. The molecule has 0 aliphatic carbocycles. The number of hydrogen-bond donors (Lipinski definition) is 1. The van der Waals surface area contributed by atoms with Crippen LogP contribution in [-0.2, 0) is 4.79 Å². The van der Waals surface area contributed by atoms with Crippen LogP contribution in [0.2, 0.25) is 0 Å². The van der Waals surface area contributed by atoms with Gasteiger partial charge in [0.25, 0.3) is 0 Å². The van der Waals surface area contributed by atoms with Crippen LogP contribution >= 0.6 is 11.3 Å². The van der Waals surface area contributed by atoms with Crippen molar-refractivity contribution in [3.8, 4) is 0 Å². The number of carbonyl (C=O) groups is 1. The van der Waals surface area contributed by atoms with Crippen LogP contribution in [0.5, 0.6) is 0 Å². The van der Waals surface area contributed by atoms with Crippen LogP contribution < -0.4 is 5.73 Å². The van der Waals surface area contributed by atoms with Gasteiger partial charge in [-0.3, -0.25) is 4.79 Å². The molecule has 2 aromatic rings. The summed E-state index contributed by atoms with van der Waals surface area (Å²) in [5.41, 5.74) is 6.54. The summed E-state index contributed by atoms with van der Waals surface area (Å²) < 4.78 is 1.15. The molecule has 2 unspecified atom stereocenters. The van der Waals surface area contributed by atoms with E-state index in [1.54, 1.807) is 16.2 Å². The lowest BCUT2D eigenvalue weighted by molar-refractivity contribution is -0.135. The van der Waals surface area contributed by atoms with Crippen LogP contribution in [-0.4, -0.2) is 29.4 Å². The number of aromatic nitrogens is 1. The van der Waals surface area contributed by atoms with Crippen molar-refractivity contribution in [1.82, 2.24) is 9.88 Å². The maximum Gasteiger partial charge on any atom is 0.227 e. The Bertz CT molecular complexity index is 548. The molecule has 2 N–H and O–H groups in total. The third-order valence-corrected chi connectivity index (χ3v) is 4.58. The van der Waals surface area contributed by atoms with E-state index in [-0.39, 0.29) is 17.9 Å². The van der Waals surface area contributed by atoms with Crippen LogP contribution in [0.4, 0.5) is 0 Å². The third kappa shape index (κ3) is 2.77. The molecule has 0 bridgehead atoms. The summed E-state index contributed by atoms with van der Waals surface area (Å²) in [6.07, 6.45) is 0. The second kappa shape index (κ2) is 5.67. The topological polar surface area (TPSA) is 59.2 Å². The van der Waals surface area contributed by atoms with Gasteiger partial charge in [-0.15, -0.1) is 11.3 Å². The SMILES string of the molecule is CC(CN)C(=O)N(C)C(C)c1nc2ccccc2s1. The number of nitrogens with two attached hydrogens (primary N) is 1. The van der Waals surface area contributed by atoms with E-state index >= 15 is 0 Å². The van der Waals surface area contributed by atoms with E-state index in [1.165, 1.54) is 0 Å². The Balaban J connectivity index is 2.23. The van der Waals surface area contributed by atoms with E-state index < -0.39 is 0 Å². The number of thiazole rings is 1. The highest BCUT2D eigenvalue weighted by atomic mass is 32.1. The summed E-state index contributed by atoms with van der Waals surface area (Å²) in [5.74, 6) is -0.0870. The fourth-order valence-electron chi connectivity index (χ4n) is 1.87. The molecule has 1 aromatic carbocycles. The summed E-state index contributed by atoms with van der Waals surface area (Å²) >= 11 is 1.63. The third-order valence-electron chi connectivity index (χ3n) is 3.37. The van der Waals surface area contributed by atoms with Gasteiger partial charge in [0.15, 0.2) is 0 Å². The number of benzene rings is 1. The summed E-state index contributed by atoms with van der Waals surface area (Å²) in [6.45, 7) is 4.22. The molecule has 0 saturated heterocycles. The minimum atomic E-state index is -0.151. The zero-order valence-electron chi connectivity index (χ0n) is 11.5. The molecule has 1 amide bonds. The first-order valence-electron chi connectivity index (χ1n) is 6.36.